The molecule has 1 amide bonds. The lowest BCUT2D eigenvalue weighted by molar-refractivity contribution is -0.140. The predicted molar refractivity (Wildman–Crippen MR) is 116 cm³/mol. The number of amides is 1. The van der Waals surface area contributed by atoms with Gasteiger partial charge in [0.2, 0.25) is 5.91 Å². The van der Waals surface area contributed by atoms with Gasteiger partial charge < -0.3 is 5.32 Å². The number of benzene rings is 2. The third-order valence-electron chi connectivity index (χ3n) is 5.19. The molecule has 168 valence electrons. The van der Waals surface area contributed by atoms with Crippen LogP contribution in [0.3, 0.4) is 0 Å². The van der Waals surface area contributed by atoms with Gasteiger partial charge in [0.1, 0.15) is 5.82 Å². The first-order chi connectivity index (χ1) is 15.7. The SMILES string of the molecule is Cc1ncccc1-n1ccc2c(NC(=O)Cc3cccc(C(F)(F)F)c3F)cccc2c1=O. The Labute approximate surface area is 185 Å². The molecule has 0 unspecified atom stereocenters. The van der Waals surface area contributed by atoms with Crippen LogP contribution in [0.25, 0.3) is 16.5 Å². The summed E-state index contributed by atoms with van der Waals surface area (Å²) in [5.41, 5.74) is -0.577. The van der Waals surface area contributed by atoms with Crippen LogP contribution in [0.15, 0.2) is 71.8 Å². The molecule has 2 aromatic carbocycles. The quantitative estimate of drug-likeness (QED) is 0.439. The largest absolute Gasteiger partial charge is 0.419 e. The third-order valence-corrected chi connectivity index (χ3v) is 5.19. The number of rotatable bonds is 4. The van der Waals surface area contributed by atoms with Crippen LogP contribution in [0.1, 0.15) is 16.8 Å². The van der Waals surface area contributed by atoms with Gasteiger partial charge in [-0.05, 0) is 48.9 Å². The Morgan fingerprint density at radius 1 is 1.03 bits per heavy atom. The number of anilines is 1. The second kappa shape index (κ2) is 8.50. The molecule has 0 saturated carbocycles. The maximum atomic E-state index is 14.3. The fourth-order valence-electron chi connectivity index (χ4n) is 3.61. The molecule has 5 nitrogen and oxygen atoms in total. The van der Waals surface area contributed by atoms with E-state index in [9.17, 15) is 27.2 Å². The second-order valence-electron chi connectivity index (χ2n) is 7.37. The normalized spacial score (nSPS) is 11.5. The smallest absolute Gasteiger partial charge is 0.325 e. The van der Waals surface area contributed by atoms with Crippen LogP contribution in [-0.4, -0.2) is 15.5 Å². The molecule has 9 heteroatoms. The zero-order chi connectivity index (χ0) is 23.8. The van der Waals surface area contributed by atoms with Crippen molar-refractivity contribution >= 4 is 22.4 Å². The molecule has 2 heterocycles. The van der Waals surface area contributed by atoms with Gasteiger partial charge in [-0.15, -0.1) is 0 Å². The number of halogens is 4. The Balaban J connectivity index is 1.65. The number of nitrogens with one attached hydrogen (secondary N) is 1. The molecule has 0 aliphatic carbocycles. The molecule has 0 fully saturated rings. The van der Waals surface area contributed by atoms with Crippen molar-refractivity contribution < 1.29 is 22.4 Å². The first kappa shape index (κ1) is 22.2. The van der Waals surface area contributed by atoms with Crippen molar-refractivity contribution in [1.82, 2.24) is 9.55 Å². The summed E-state index contributed by atoms with van der Waals surface area (Å²) in [7, 11) is 0. The first-order valence-corrected chi connectivity index (χ1v) is 9.87. The number of alkyl halides is 3. The molecule has 33 heavy (non-hydrogen) atoms. The Kier molecular flexibility index (Phi) is 5.71. The van der Waals surface area contributed by atoms with Gasteiger partial charge in [0.25, 0.3) is 5.56 Å². The standard InChI is InChI=1S/C24H17F4N3O2/c1-14-20(9-4-11-29-14)31-12-10-16-17(23(31)33)6-3-8-19(16)30-21(32)13-15-5-2-7-18(22(15)25)24(26,27)28/h2-12H,13H2,1H3,(H,30,32). The van der Waals surface area contributed by atoms with Crippen molar-refractivity contribution in [1.29, 1.82) is 0 Å². The van der Waals surface area contributed by atoms with Gasteiger partial charge in [-0.25, -0.2) is 4.39 Å². The highest BCUT2D eigenvalue weighted by molar-refractivity contribution is 6.02. The highest BCUT2D eigenvalue weighted by atomic mass is 19.4. The van der Waals surface area contributed by atoms with Crippen LogP contribution in [0, 0.1) is 12.7 Å². The van der Waals surface area contributed by atoms with Crippen molar-refractivity contribution in [2.75, 3.05) is 5.32 Å². The van der Waals surface area contributed by atoms with Crippen LogP contribution in [0.5, 0.6) is 0 Å². The van der Waals surface area contributed by atoms with Gasteiger partial charge in [-0.3, -0.25) is 19.1 Å². The van der Waals surface area contributed by atoms with E-state index in [-0.39, 0.29) is 16.8 Å². The minimum atomic E-state index is -4.86. The fourth-order valence-corrected chi connectivity index (χ4v) is 3.61. The van der Waals surface area contributed by atoms with E-state index in [1.807, 2.05) is 0 Å². The molecule has 1 N–H and O–H groups in total. The number of nitrogens with zero attached hydrogens (tertiary/aromatic N) is 2. The monoisotopic (exact) mass is 455 g/mol. The van der Waals surface area contributed by atoms with E-state index in [0.29, 0.717) is 28.2 Å². The number of carbonyl (C=O) groups excluding carboxylic acids is 1. The first-order valence-electron chi connectivity index (χ1n) is 9.87. The van der Waals surface area contributed by atoms with E-state index in [2.05, 4.69) is 10.3 Å². The van der Waals surface area contributed by atoms with E-state index in [0.717, 1.165) is 12.1 Å². The van der Waals surface area contributed by atoms with Crippen molar-refractivity contribution in [3.8, 4) is 5.69 Å². The van der Waals surface area contributed by atoms with Crippen LogP contribution in [0.4, 0.5) is 23.2 Å². The minimum Gasteiger partial charge on any atom is -0.325 e. The minimum absolute atomic E-state index is 0.289. The number of aromatic nitrogens is 2. The maximum absolute atomic E-state index is 14.3. The van der Waals surface area contributed by atoms with Gasteiger partial charge in [-0.1, -0.05) is 18.2 Å². The Morgan fingerprint density at radius 3 is 2.52 bits per heavy atom. The maximum Gasteiger partial charge on any atom is 0.419 e. The zero-order valence-corrected chi connectivity index (χ0v) is 17.3. The molecule has 0 saturated heterocycles. The summed E-state index contributed by atoms with van der Waals surface area (Å²) in [5.74, 6) is -2.19. The average molecular weight is 455 g/mol. The molecule has 0 radical (unpaired) electrons. The lowest BCUT2D eigenvalue weighted by atomic mass is 10.1. The number of pyridine rings is 2. The summed E-state index contributed by atoms with van der Waals surface area (Å²) < 4.78 is 54.5. The van der Waals surface area contributed by atoms with Gasteiger partial charge >= 0.3 is 6.18 Å². The lowest BCUT2D eigenvalue weighted by Crippen LogP contribution is -2.20. The molecule has 2 aromatic heterocycles. The highest BCUT2D eigenvalue weighted by Gasteiger charge is 2.35. The summed E-state index contributed by atoms with van der Waals surface area (Å²) in [4.78, 5) is 29.7. The van der Waals surface area contributed by atoms with E-state index in [1.165, 1.54) is 4.57 Å². The van der Waals surface area contributed by atoms with E-state index < -0.39 is 29.9 Å². The topological polar surface area (TPSA) is 64.0 Å². The fraction of sp³-hybridized carbons (Fsp3) is 0.125. The van der Waals surface area contributed by atoms with Crippen LogP contribution >= 0.6 is 0 Å². The summed E-state index contributed by atoms with van der Waals surface area (Å²) >= 11 is 0. The molecule has 0 spiro atoms. The number of carbonyl (C=O) groups is 1. The highest BCUT2D eigenvalue weighted by Crippen LogP contribution is 2.32. The molecule has 0 atom stereocenters. The lowest BCUT2D eigenvalue weighted by Gasteiger charge is -2.13. The van der Waals surface area contributed by atoms with Crippen LogP contribution < -0.4 is 10.9 Å². The number of hydrogen-bond acceptors (Lipinski definition) is 3. The number of hydrogen-bond donors (Lipinski definition) is 1. The van der Waals surface area contributed by atoms with Crippen molar-refractivity contribution in [2.45, 2.75) is 19.5 Å². The summed E-state index contributed by atoms with van der Waals surface area (Å²) in [6.07, 6.45) is -2.29. The summed E-state index contributed by atoms with van der Waals surface area (Å²) in [6, 6.07) is 12.6. The molecule has 0 aliphatic rings. The van der Waals surface area contributed by atoms with Crippen LogP contribution in [-0.2, 0) is 17.4 Å². The van der Waals surface area contributed by atoms with Crippen molar-refractivity contribution in [3.05, 3.63) is 100.0 Å². The Hall–Kier alpha value is -4.01. The van der Waals surface area contributed by atoms with Gasteiger partial charge in [0.05, 0.1) is 23.4 Å². The Bertz CT molecular complexity index is 1430. The summed E-state index contributed by atoms with van der Waals surface area (Å²) in [6.45, 7) is 1.77. The molecule has 4 aromatic rings. The molecular formula is C24H17F4N3O2. The van der Waals surface area contributed by atoms with Gasteiger partial charge in [0.15, 0.2) is 0 Å². The average Bonchev–Trinajstić information content (AvgIpc) is 2.76. The third kappa shape index (κ3) is 4.34. The second-order valence-corrected chi connectivity index (χ2v) is 7.37. The zero-order valence-electron chi connectivity index (χ0n) is 17.3. The van der Waals surface area contributed by atoms with E-state index >= 15 is 0 Å². The van der Waals surface area contributed by atoms with Crippen molar-refractivity contribution in [3.63, 3.8) is 0 Å². The van der Waals surface area contributed by atoms with Gasteiger partial charge in [0, 0.05) is 28.9 Å². The molecule has 4 rings (SSSR count). The molecule has 0 bridgehead atoms. The molecule has 0 aliphatic heterocycles. The molecular weight excluding hydrogens is 438 g/mol. The summed E-state index contributed by atoms with van der Waals surface area (Å²) in [5, 5.41) is 3.34. The van der Waals surface area contributed by atoms with Crippen molar-refractivity contribution in [2.24, 2.45) is 0 Å². The number of fused-ring (bicyclic) bond motifs is 1. The van der Waals surface area contributed by atoms with E-state index in [4.69, 9.17) is 0 Å². The predicted octanol–water partition coefficient (Wildman–Crippen LogP) is 5.03. The number of aryl methyl sites for hydroxylation is 1. The Morgan fingerprint density at radius 2 is 1.79 bits per heavy atom. The van der Waals surface area contributed by atoms with Gasteiger partial charge in [-0.2, -0.15) is 13.2 Å². The van der Waals surface area contributed by atoms with Crippen LogP contribution in [0.2, 0.25) is 0 Å². The van der Waals surface area contributed by atoms with E-state index in [1.54, 1.807) is 55.7 Å².